The van der Waals surface area contributed by atoms with Gasteiger partial charge < -0.3 is 0 Å². The zero-order chi connectivity index (χ0) is 15.1. The van der Waals surface area contributed by atoms with Gasteiger partial charge in [0, 0.05) is 11.8 Å². The number of hydrogen-bond donors (Lipinski definition) is 1. The van der Waals surface area contributed by atoms with Crippen LogP contribution in [0.5, 0.6) is 5.75 Å². The molecule has 0 heterocycles. The van der Waals surface area contributed by atoms with Crippen LogP contribution in [0.1, 0.15) is 5.56 Å². The molecular formula is C14H15N2O4P. The SMILES string of the molecule is CP(ONCc1ccccc1)c1ccccc1O[N+](=O)[O-]. The second-order valence-electron chi connectivity index (χ2n) is 4.18. The quantitative estimate of drug-likeness (QED) is 0.483. The van der Waals surface area contributed by atoms with Gasteiger partial charge in [0.15, 0.2) is 0 Å². The van der Waals surface area contributed by atoms with Crippen LogP contribution in [-0.2, 0) is 11.2 Å². The number of benzene rings is 2. The van der Waals surface area contributed by atoms with E-state index in [9.17, 15) is 10.1 Å². The Morgan fingerprint density at radius 1 is 1.14 bits per heavy atom. The summed E-state index contributed by atoms with van der Waals surface area (Å²) in [5.41, 5.74) is 3.98. The fourth-order valence-corrected chi connectivity index (χ4v) is 2.81. The Morgan fingerprint density at radius 2 is 1.81 bits per heavy atom. The zero-order valence-electron chi connectivity index (χ0n) is 11.4. The minimum absolute atomic E-state index is 0.206. The molecule has 2 rings (SSSR count). The van der Waals surface area contributed by atoms with Crippen molar-refractivity contribution in [2.45, 2.75) is 6.54 Å². The number of hydrogen-bond acceptors (Lipinski definition) is 5. The van der Waals surface area contributed by atoms with Crippen LogP contribution < -0.4 is 15.6 Å². The van der Waals surface area contributed by atoms with E-state index in [-0.39, 0.29) is 5.75 Å². The number of nitrogens with zero attached hydrogens (tertiary/aromatic N) is 1. The largest absolute Gasteiger partial charge is 0.299 e. The van der Waals surface area contributed by atoms with Crippen LogP contribution in [0.25, 0.3) is 0 Å². The van der Waals surface area contributed by atoms with E-state index < -0.39 is 13.2 Å². The predicted octanol–water partition coefficient (Wildman–Crippen LogP) is 2.63. The summed E-state index contributed by atoms with van der Waals surface area (Å²) >= 11 is 0. The zero-order valence-corrected chi connectivity index (χ0v) is 12.3. The summed E-state index contributed by atoms with van der Waals surface area (Å²) in [4.78, 5) is 15.0. The molecule has 7 heteroatoms. The van der Waals surface area contributed by atoms with Crippen molar-refractivity contribution in [3.8, 4) is 5.75 Å². The molecule has 0 bridgehead atoms. The highest BCUT2D eigenvalue weighted by molar-refractivity contribution is 7.60. The molecule has 0 fully saturated rings. The Hall–Kier alpha value is -2.01. The molecule has 0 aliphatic heterocycles. The highest BCUT2D eigenvalue weighted by Crippen LogP contribution is 2.33. The third-order valence-electron chi connectivity index (χ3n) is 2.70. The highest BCUT2D eigenvalue weighted by Gasteiger charge is 2.14. The molecule has 1 atom stereocenters. The van der Waals surface area contributed by atoms with E-state index in [1.165, 1.54) is 0 Å². The molecule has 0 spiro atoms. The first-order chi connectivity index (χ1) is 10.2. The van der Waals surface area contributed by atoms with E-state index in [1.807, 2.05) is 37.0 Å². The van der Waals surface area contributed by atoms with E-state index in [0.717, 1.165) is 5.56 Å². The van der Waals surface area contributed by atoms with E-state index >= 15 is 0 Å². The third kappa shape index (κ3) is 4.79. The summed E-state index contributed by atoms with van der Waals surface area (Å²) in [5.74, 6) is 0.206. The average Bonchev–Trinajstić information content (AvgIpc) is 2.48. The summed E-state index contributed by atoms with van der Waals surface area (Å²) in [7, 11) is -1.06. The molecular weight excluding hydrogens is 291 g/mol. The number of rotatable bonds is 7. The Labute approximate surface area is 123 Å². The van der Waals surface area contributed by atoms with Gasteiger partial charge in [-0.2, -0.15) is 5.48 Å². The summed E-state index contributed by atoms with van der Waals surface area (Å²) in [5, 5.41) is 10.3. The van der Waals surface area contributed by atoms with Crippen molar-refractivity contribution >= 4 is 13.5 Å². The van der Waals surface area contributed by atoms with Crippen LogP contribution in [0.15, 0.2) is 54.6 Å². The lowest BCUT2D eigenvalue weighted by molar-refractivity contribution is -0.710. The third-order valence-corrected chi connectivity index (χ3v) is 4.15. The van der Waals surface area contributed by atoms with Gasteiger partial charge in [-0.15, -0.1) is 10.1 Å². The van der Waals surface area contributed by atoms with Gasteiger partial charge in [0.05, 0.1) is 8.15 Å². The van der Waals surface area contributed by atoms with Crippen LogP contribution in [0, 0.1) is 10.1 Å². The second-order valence-corrected chi connectivity index (χ2v) is 5.84. The minimum Gasteiger partial charge on any atom is -0.275 e. The molecule has 6 nitrogen and oxygen atoms in total. The first kappa shape index (κ1) is 15.4. The molecule has 0 saturated heterocycles. The molecule has 0 aliphatic carbocycles. The molecule has 0 radical (unpaired) electrons. The molecule has 0 aromatic heterocycles. The van der Waals surface area contributed by atoms with Crippen molar-refractivity contribution in [2.24, 2.45) is 0 Å². The van der Waals surface area contributed by atoms with E-state index in [4.69, 9.17) is 4.62 Å². The number of nitrogens with one attached hydrogen (secondary N) is 1. The summed E-state index contributed by atoms with van der Waals surface area (Å²) in [6.45, 7) is 2.42. The van der Waals surface area contributed by atoms with Crippen molar-refractivity contribution in [1.29, 1.82) is 0 Å². The Balaban J connectivity index is 1.94. The van der Waals surface area contributed by atoms with E-state index in [1.54, 1.807) is 24.3 Å². The lowest BCUT2D eigenvalue weighted by Gasteiger charge is -2.15. The monoisotopic (exact) mass is 306 g/mol. The van der Waals surface area contributed by atoms with Crippen LogP contribution in [0.3, 0.4) is 0 Å². The molecule has 2 aromatic carbocycles. The number of para-hydroxylation sites is 1. The van der Waals surface area contributed by atoms with Crippen molar-refractivity contribution < 1.29 is 14.5 Å². The van der Waals surface area contributed by atoms with E-state index in [0.29, 0.717) is 11.8 Å². The van der Waals surface area contributed by atoms with Crippen LogP contribution >= 0.6 is 8.15 Å². The molecule has 2 aromatic rings. The summed E-state index contributed by atoms with van der Waals surface area (Å²) in [6, 6.07) is 16.6. The maximum absolute atomic E-state index is 10.5. The first-order valence-corrected chi connectivity index (χ1v) is 7.96. The van der Waals surface area contributed by atoms with Crippen LogP contribution in [0.4, 0.5) is 0 Å². The van der Waals surface area contributed by atoms with Crippen molar-refractivity contribution in [2.75, 3.05) is 6.66 Å². The van der Waals surface area contributed by atoms with Crippen LogP contribution in [0.2, 0.25) is 0 Å². The van der Waals surface area contributed by atoms with E-state index in [2.05, 4.69) is 10.3 Å². The van der Waals surface area contributed by atoms with Crippen molar-refractivity contribution in [3.05, 3.63) is 70.3 Å². The smallest absolute Gasteiger partial charge is 0.275 e. The fourth-order valence-electron chi connectivity index (χ4n) is 1.73. The molecule has 21 heavy (non-hydrogen) atoms. The Morgan fingerprint density at radius 3 is 2.52 bits per heavy atom. The summed E-state index contributed by atoms with van der Waals surface area (Å²) in [6.07, 6.45) is 0. The van der Waals surface area contributed by atoms with Crippen molar-refractivity contribution in [3.63, 3.8) is 0 Å². The summed E-state index contributed by atoms with van der Waals surface area (Å²) < 4.78 is 5.57. The van der Waals surface area contributed by atoms with Gasteiger partial charge in [0.2, 0.25) is 0 Å². The van der Waals surface area contributed by atoms with Crippen molar-refractivity contribution in [1.82, 2.24) is 5.48 Å². The van der Waals surface area contributed by atoms with Gasteiger partial charge in [-0.1, -0.05) is 42.5 Å². The topological polar surface area (TPSA) is 73.6 Å². The predicted molar refractivity (Wildman–Crippen MR) is 80.9 cm³/mol. The lowest BCUT2D eigenvalue weighted by Crippen LogP contribution is -2.17. The molecule has 110 valence electrons. The van der Waals surface area contributed by atoms with Gasteiger partial charge in [0.25, 0.3) is 5.09 Å². The molecule has 0 amide bonds. The fraction of sp³-hybridized carbons (Fsp3) is 0.143. The van der Waals surface area contributed by atoms with Gasteiger partial charge in [0.1, 0.15) is 5.75 Å². The van der Waals surface area contributed by atoms with Gasteiger partial charge in [-0.25, -0.2) is 0 Å². The molecule has 0 saturated carbocycles. The first-order valence-electron chi connectivity index (χ1n) is 6.25. The van der Waals surface area contributed by atoms with Gasteiger partial charge >= 0.3 is 0 Å². The maximum atomic E-state index is 10.5. The van der Waals surface area contributed by atoms with Crippen LogP contribution in [-0.4, -0.2) is 11.8 Å². The highest BCUT2D eigenvalue weighted by atomic mass is 31.1. The molecule has 0 aliphatic rings. The Bertz CT molecular complexity index is 595. The normalized spacial score (nSPS) is 11.9. The average molecular weight is 306 g/mol. The number of hydroxylamine groups is 1. The molecule has 1 unspecified atom stereocenters. The molecule has 1 N–H and O–H groups in total. The lowest BCUT2D eigenvalue weighted by atomic mass is 10.2. The van der Waals surface area contributed by atoms with Gasteiger partial charge in [-0.3, -0.25) is 9.46 Å². The standard InChI is InChI=1S/C14H15N2O4P/c1-21(20-15-11-12-7-3-2-4-8-12)14-10-6-5-9-13(14)19-16(17)18/h2-10,15H,11H2,1H3. The maximum Gasteiger partial charge on any atom is 0.299 e. The second kappa shape index (κ2) is 7.69. The Kier molecular flexibility index (Phi) is 5.63. The minimum atomic E-state index is -1.06. The van der Waals surface area contributed by atoms with Gasteiger partial charge in [-0.05, 0) is 24.4 Å².